The van der Waals surface area contributed by atoms with Gasteiger partial charge in [0, 0.05) is 11.5 Å². The lowest BCUT2D eigenvalue weighted by molar-refractivity contribution is 0.291. The Balaban J connectivity index is 1.98. The van der Waals surface area contributed by atoms with Gasteiger partial charge in [-0.2, -0.15) is 0 Å². The topological polar surface area (TPSA) is 3.24 Å². The summed E-state index contributed by atoms with van der Waals surface area (Å²) in [6.45, 7) is 4.65. The lowest BCUT2D eigenvalue weighted by Gasteiger charge is -2.25. The highest BCUT2D eigenvalue weighted by Crippen LogP contribution is 2.52. The van der Waals surface area contributed by atoms with Gasteiger partial charge in [-0.3, -0.25) is 0 Å². The molecule has 2 aliphatic rings. The molecule has 0 radical (unpaired) electrons. The molecule has 1 saturated carbocycles. The van der Waals surface area contributed by atoms with Gasteiger partial charge < -0.3 is 4.90 Å². The van der Waals surface area contributed by atoms with Crippen molar-refractivity contribution in [1.29, 1.82) is 0 Å². The first kappa shape index (κ1) is 13.9. The van der Waals surface area contributed by atoms with Crippen molar-refractivity contribution in [2.75, 3.05) is 14.1 Å². The van der Waals surface area contributed by atoms with Crippen LogP contribution in [0, 0.1) is 5.92 Å². The third kappa shape index (κ3) is 2.22. The number of allylic oxidation sites excluding steroid dienone is 2. The van der Waals surface area contributed by atoms with Crippen molar-refractivity contribution < 1.29 is 0 Å². The molecule has 20 heavy (non-hydrogen) atoms. The Morgan fingerprint density at radius 1 is 1.25 bits per heavy atom. The highest BCUT2D eigenvalue weighted by Gasteiger charge is 2.44. The Bertz CT molecular complexity index is 526. The van der Waals surface area contributed by atoms with Crippen LogP contribution in [-0.2, 0) is 5.41 Å². The lowest BCUT2D eigenvalue weighted by Crippen LogP contribution is -2.27. The van der Waals surface area contributed by atoms with E-state index in [4.69, 9.17) is 0 Å². The predicted octanol–water partition coefficient (Wildman–Crippen LogP) is 4.48. The molecule has 0 aromatic heterocycles. The molecule has 0 N–H and O–H groups in total. The van der Waals surface area contributed by atoms with Crippen LogP contribution in [-0.4, -0.2) is 25.0 Å². The molecule has 1 aromatic rings. The van der Waals surface area contributed by atoms with Crippen LogP contribution in [0.2, 0.25) is 0 Å². The zero-order chi connectivity index (χ0) is 14.3. The van der Waals surface area contributed by atoms with Crippen molar-refractivity contribution in [2.24, 2.45) is 5.92 Å². The third-order valence-electron chi connectivity index (χ3n) is 5.14. The van der Waals surface area contributed by atoms with Gasteiger partial charge in [0.25, 0.3) is 0 Å². The van der Waals surface area contributed by atoms with Crippen LogP contribution in [0.5, 0.6) is 0 Å². The van der Waals surface area contributed by atoms with Crippen molar-refractivity contribution in [3.05, 3.63) is 41.5 Å². The van der Waals surface area contributed by atoms with Crippen LogP contribution in [0.15, 0.2) is 30.3 Å². The van der Waals surface area contributed by atoms with E-state index in [2.05, 4.69) is 63.2 Å². The van der Waals surface area contributed by atoms with Crippen LogP contribution in [0.4, 0.5) is 0 Å². The molecule has 3 rings (SSSR count). The van der Waals surface area contributed by atoms with E-state index in [1.165, 1.54) is 31.2 Å². The van der Waals surface area contributed by atoms with Gasteiger partial charge in [0.1, 0.15) is 0 Å². The third-order valence-corrected chi connectivity index (χ3v) is 5.14. The van der Waals surface area contributed by atoms with E-state index >= 15 is 0 Å². The van der Waals surface area contributed by atoms with E-state index < -0.39 is 0 Å². The van der Waals surface area contributed by atoms with Gasteiger partial charge in [-0.05, 0) is 62.4 Å². The molecule has 2 atom stereocenters. The largest absolute Gasteiger partial charge is 0.306 e. The number of hydrogen-bond donors (Lipinski definition) is 0. The maximum Gasteiger partial charge on any atom is 0.0159 e. The molecule has 0 aliphatic heterocycles. The fraction of sp³-hybridized carbons (Fsp3) is 0.579. The molecule has 2 aliphatic carbocycles. The quantitative estimate of drug-likeness (QED) is 0.782. The minimum absolute atomic E-state index is 0.329. The number of nitrogens with zero attached hydrogens (tertiary/aromatic N) is 1. The monoisotopic (exact) mass is 269 g/mol. The Kier molecular flexibility index (Phi) is 3.50. The van der Waals surface area contributed by atoms with Crippen LogP contribution >= 0.6 is 0 Å². The molecule has 0 amide bonds. The SMILES string of the molecule is CC(C)CC1=CC2(CCC(N(C)C)C2)c2ccccc21. The second-order valence-corrected chi connectivity index (χ2v) is 7.33. The maximum absolute atomic E-state index is 2.63. The molecule has 1 aromatic carbocycles. The zero-order valence-electron chi connectivity index (χ0n) is 13.3. The molecule has 0 heterocycles. The van der Waals surface area contributed by atoms with Crippen LogP contribution < -0.4 is 0 Å². The van der Waals surface area contributed by atoms with Crippen molar-refractivity contribution in [1.82, 2.24) is 4.90 Å². The summed E-state index contributed by atoms with van der Waals surface area (Å²) in [5.41, 5.74) is 5.05. The van der Waals surface area contributed by atoms with E-state index in [0.717, 1.165) is 12.0 Å². The summed E-state index contributed by atoms with van der Waals surface area (Å²) in [6, 6.07) is 9.86. The molecule has 0 saturated heterocycles. The van der Waals surface area contributed by atoms with Gasteiger partial charge in [-0.1, -0.05) is 44.2 Å². The van der Waals surface area contributed by atoms with Crippen LogP contribution in [0.1, 0.15) is 50.7 Å². The fourth-order valence-electron chi connectivity index (χ4n) is 4.16. The standard InChI is InChI=1S/C19H27N/c1-14(2)11-15-12-19(10-9-16(13-19)20(3)4)18-8-6-5-7-17(15)18/h5-8,12,14,16H,9-11,13H2,1-4H3. The Hall–Kier alpha value is -1.08. The highest BCUT2D eigenvalue weighted by atomic mass is 15.1. The molecule has 1 spiro atoms. The van der Waals surface area contributed by atoms with Crippen molar-refractivity contribution in [3.8, 4) is 0 Å². The average Bonchev–Trinajstić information content (AvgIpc) is 2.94. The van der Waals surface area contributed by atoms with Crippen LogP contribution in [0.3, 0.4) is 0 Å². The lowest BCUT2D eigenvalue weighted by atomic mass is 9.81. The average molecular weight is 269 g/mol. The first-order valence-electron chi connectivity index (χ1n) is 8.00. The number of rotatable bonds is 3. The summed E-state index contributed by atoms with van der Waals surface area (Å²) in [4.78, 5) is 2.41. The van der Waals surface area contributed by atoms with E-state index in [1.807, 2.05) is 0 Å². The molecule has 1 fully saturated rings. The minimum atomic E-state index is 0.329. The van der Waals surface area contributed by atoms with Gasteiger partial charge in [-0.15, -0.1) is 0 Å². The first-order chi connectivity index (χ1) is 9.52. The summed E-state index contributed by atoms with van der Waals surface area (Å²) in [5.74, 6) is 0.732. The first-order valence-corrected chi connectivity index (χ1v) is 8.00. The Morgan fingerprint density at radius 2 is 2.00 bits per heavy atom. The highest BCUT2D eigenvalue weighted by molar-refractivity contribution is 5.77. The Labute approximate surface area is 123 Å². The van der Waals surface area contributed by atoms with Crippen molar-refractivity contribution in [3.63, 3.8) is 0 Å². The molecule has 1 nitrogen and oxygen atoms in total. The van der Waals surface area contributed by atoms with E-state index in [9.17, 15) is 0 Å². The van der Waals surface area contributed by atoms with Gasteiger partial charge in [0.05, 0.1) is 0 Å². The second-order valence-electron chi connectivity index (χ2n) is 7.33. The predicted molar refractivity (Wildman–Crippen MR) is 86.9 cm³/mol. The molecule has 1 heteroatoms. The van der Waals surface area contributed by atoms with Gasteiger partial charge >= 0.3 is 0 Å². The second kappa shape index (κ2) is 5.04. The summed E-state index contributed by atoms with van der Waals surface area (Å²) in [6.07, 6.45) is 7.77. The number of benzene rings is 1. The maximum atomic E-state index is 2.63. The summed E-state index contributed by atoms with van der Waals surface area (Å²) < 4.78 is 0. The number of hydrogen-bond acceptors (Lipinski definition) is 1. The van der Waals surface area contributed by atoms with Crippen molar-refractivity contribution in [2.45, 2.75) is 51.0 Å². The van der Waals surface area contributed by atoms with Gasteiger partial charge in [-0.25, -0.2) is 0 Å². The molecular weight excluding hydrogens is 242 g/mol. The Morgan fingerprint density at radius 3 is 2.65 bits per heavy atom. The molecular formula is C19H27N. The number of fused-ring (bicyclic) bond motifs is 2. The van der Waals surface area contributed by atoms with E-state index in [-0.39, 0.29) is 0 Å². The summed E-state index contributed by atoms with van der Waals surface area (Å²) >= 11 is 0. The summed E-state index contributed by atoms with van der Waals surface area (Å²) in [7, 11) is 4.45. The molecule has 2 unspecified atom stereocenters. The zero-order valence-corrected chi connectivity index (χ0v) is 13.3. The van der Waals surface area contributed by atoms with Crippen molar-refractivity contribution >= 4 is 5.57 Å². The van der Waals surface area contributed by atoms with Gasteiger partial charge in [0.15, 0.2) is 0 Å². The van der Waals surface area contributed by atoms with E-state index in [1.54, 1.807) is 11.1 Å². The molecule has 108 valence electrons. The molecule has 0 bridgehead atoms. The van der Waals surface area contributed by atoms with E-state index in [0.29, 0.717) is 5.41 Å². The normalized spacial score (nSPS) is 28.5. The smallest absolute Gasteiger partial charge is 0.0159 e. The van der Waals surface area contributed by atoms with Gasteiger partial charge in [0.2, 0.25) is 0 Å². The van der Waals surface area contributed by atoms with Crippen LogP contribution in [0.25, 0.3) is 5.57 Å². The summed E-state index contributed by atoms with van der Waals surface area (Å²) in [5, 5.41) is 0. The minimum Gasteiger partial charge on any atom is -0.306 e. The fourth-order valence-corrected chi connectivity index (χ4v) is 4.16.